The van der Waals surface area contributed by atoms with Crippen molar-refractivity contribution in [1.82, 2.24) is 0 Å². The summed E-state index contributed by atoms with van der Waals surface area (Å²) in [5.74, 6) is 1.46. The van der Waals surface area contributed by atoms with Gasteiger partial charge in [0.2, 0.25) is 0 Å². The Hall–Kier alpha value is -1.85. The summed E-state index contributed by atoms with van der Waals surface area (Å²) in [6.07, 6.45) is 7.99. The van der Waals surface area contributed by atoms with E-state index in [-0.39, 0.29) is 17.6 Å². The first-order valence-corrected chi connectivity index (χ1v) is 9.58. The van der Waals surface area contributed by atoms with Crippen LogP contribution in [-0.2, 0) is 16.1 Å². The molecule has 2 aromatic heterocycles. The highest BCUT2D eigenvalue weighted by Gasteiger charge is 2.38. The minimum absolute atomic E-state index is 0.105. The van der Waals surface area contributed by atoms with Gasteiger partial charge in [-0.2, -0.15) is 0 Å². The number of Topliss-reactive ketones (excluding diaryl/α,β-unsaturated/α-hetero) is 1. The van der Waals surface area contributed by atoms with Crippen LogP contribution in [0.4, 0.5) is 0 Å². The molecule has 0 spiro atoms. The maximum Gasteiger partial charge on any atom is 0.143 e. The second-order valence-corrected chi connectivity index (χ2v) is 7.13. The first-order valence-electron chi connectivity index (χ1n) is 9.58. The first-order chi connectivity index (χ1) is 12.7. The number of ether oxygens (including phenoxy) is 1. The third-order valence-corrected chi connectivity index (χ3v) is 5.15. The molecule has 5 nitrogen and oxygen atoms in total. The van der Waals surface area contributed by atoms with E-state index in [1.54, 1.807) is 12.5 Å². The largest absolute Gasteiger partial charge is 0.468 e. The lowest BCUT2D eigenvalue weighted by Crippen LogP contribution is -2.17. The van der Waals surface area contributed by atoms with Crippen LogP contribution in [0.2, 0.25) is 0 Å². The summed E-state index contributed by atoms with van der Waals surface area (Å²) in [6, 6.07) is 5.55. The third kappa shape index (κ3) is 4.65. The molecule has 3 unspecified atom stereocenters. The molecule has 0 aromatic carbocycles. The van der Waals surface area contributed by atoms with Crippen molar-refractivity contribution in [3.8, 4) is 0 Å². The summed E-state index contributed by atoms with van der Waals surface area (Å²) in [4.78, 5) is 12.4. The second-order valence-electron chi connectivity index (χ2n) is 7.13. The molecule has 3 atom stereocenters. The lowest BCUT2D eigenvalue weighted by Gasteiger charge is -2.16. The molecule has 1 fully saturated rings. The van der Waals surface area contributed by atoms with Gasteiger partial charge >= 0.3 is 0 Å². The van der Waals surface area contributed by atoms with E-state index in [2.05, 4.69) is 6.92 Å². The number of rotatable bonds is 10. The number of ketones is 1. The van der Waals surface area contributed by atoms with E-state index in [1.165, 1.54) is 0 Å². The van der Waals surface area contributed by atoms with Gasteiger partial charge in [-0.25, -0.2) is 0 Å². The SMILES string of the molecule is CCCCCC(O)c1coc(C2C(=O)CCC2COCc2ccco2)c1. The fourth-order valence-corrected chi connectivity index (χ4v) is 3.65. The maximum atomic E-state index is 12.4. The molecular weight excluding hydrogens is 332 g/mol. The molecular formula is C21H28O5. The summed E-state index contributed by atoms with van der Waals surface area (Å²) in [6.45, 7) is 3.04. The van der Waals surface area contributed by atoms with E-state index in [0.29, 0.717) is 25.4 Å². The predicted octanol–water partition coefficient (Wildman–Crippen LogP) is 4.77. The van der Waals surface area contributed by atoms with Crippen LogP contribution in [0, 0.1) is 5.92 Å². The van der Waals surface area contributed by atoms with Crippen LogP contribution in [0.25, 0.3) is 0 Å². The van der Waals surface area contributed by atoms with E-state index in [9.17, 15) is 9.90 Å². The molecule has 0 saturated heterocycles. The predicted molar refractivity (Wildman–Crippen MR) is 96.6 cm³/mol. The summed E-state index contributed by atoms with van der Waals surface area (Å²) in [5, 5.41) is 10.3. The highest BCUT2D eigenvalue weighted by molar-refractivity contribution is 5.87. The van der Waals surface area contributed by atoms with Gasteiger partial charge in [-0.15, -0.1) is 0 Å². The molecule has 0 aliphatic heterocycles. The Morgan fingerprint density at radius 1 is 1.35 bits per heavy atom. The third-order valence-electron chi connectivity index (χ3n) is 5.15. The van der Waals surface area contributed by atoms with Gasteiger partial charge in [0, 0.05) is 12.0 Å². The highest BCUT2D eigenvalue weighted by Crippen LogP contribution is 2.39. The zero-order valence-electron chi connectivity index (χ0n) is 15.4. The van der Waals surface area contributed by atoms with E-state index < -0.39 is 6.10 Å². The second kappa shape index (κ2) is 9.19. The van der Waals surface area contributed by atoms with Crippen LogP contribution in [0.5, 0.6) is 0 Å². The zero-order chi connectivity index (χ0) is 18.4. The van der Waals surface area contributed by atoms with Gasteiger partial charge in [-0.05, 0) is 37.0 Å². The average Bonchev–Trinajstić information content (AvgIpc) is 3.36. The molecule has 2 aromatic rings. The van der Waals surface area contributed by atoms with Gasteiger partial charge in [0.25, 0.3) is 0 Å². The smallest absolute Gasteiger partial charge is 0.143 e. The Bertz CT molecular complexity index is 672. The number of furan rings is 2. The topological polar surface area (TPSA) is 72.8 Å². The van der Waals surface area contributed by atoms with Crippen LogP contribution in [-0.4, -0.2) is 17.5 Å². The normalized spacial score (nSPS) is 21.4. The lowest BCUT2D eigenvalue weighted by molar-refractivity contribution is -0.119. The van der Waals surface area contributed by atoms with Gasteiger partial charge in [-0.3, -0.25) is 4.79 Å². The van der Waals surface area contributed by atoms with Crippen molar-refractivity contribution in [2.75, 3.05) is 6.61 Å². The molecule has 142 valence electrons. The summed E-state index contributed by atoms with van der Waals surface area (Å²) < 4.78 is 16.7. The minimum atomic E-state index is -0.524. The molecule has 1 aliphatic rings. The number of aliphatic hydroxyl groups is 1. The van der Waals surface area contributed by atoms with Crippen molar-refractivity contribution < 1.29 is 23.5 Å². The monoisotopic (exact) mass is 360 g/mol. The Balaban J connectivity index is 1.57. The molecule has 1 saturated carbocycles. The van der Waals surface area contributed by atoms with Gasteiger partial charge < -0.3 is 18.7 Å². The summed E-state index contributed by atoms with van der Waals surface area (Å²) in [7, 11) is 0. The van der Waals surface area contributed by atoms with Crippen LogP contribution in [0.3, 0.4) is 0 Å². The minimum Gasteiger partial charge on any atom is -0.468 e. The zero-order valence-corrected chi connectivity index (χ0v) is 15.4. The van der Waals surface area contributed by atoms with Crippen molar-refractivity contribution >= 4 is 5.78 Å². The van der Waals surface area contributed by atoms with Crippen molar-refractivity contribution in [2.24, 2.45) is 5.92 Å². The number of hydrogen-bond donors (Lipinski definition) is 1. The Morgan fingerprint density at radius 2 is 2.23 bits per heavy atom. The highest BCUT2D eigenvalue weighted by atomic mass is 16.5. The molecule has 26 heavy (non-hydrogen) atoms. The fraction of sp³-hybridized carbons (Fsp3) is 0.571. The fourth-order valence-electron chi connectivity index (χ4n) is 3.65. The Labute approximate surface area is 154 Å². The molecule has 1 N–H and O–H groups in total. The van der Waals surface area contributed by atoms with Crippen LogP contribution < -0.4 is 0 Å². The van der Waals surface area contributed by atoms with Crippen LogP contribution >= 0.6 is 0 Å². The lowest BCUT2D eigenvalue weighted by atomic mass is 9.93. The van der Waals surface area contributed by atoms with Gasteiger partial charge in [0.05, 0.1) is 31.2 Å². The number of unbranched alkanes of at least 4 members (excludes halogenated alkanes) is 2. The molecule has 0 radical (unpaired) electrons. The quantitative estimate of drug-likeness (QED) is 0.618. The van der Waals surface area contributed by atoms with Crippen molar-refractivity contribution in [2.45, 2.75) is 64.1 Å². The van der Waals surface area contributed by atoms with Crippen molar-refractivity contribution in [3.63, 3.8) is 0 Å². The molecule has 0 amide bonds. The van der Waals surface area contributed by atoms with Gasteiger partial charge in [0.15, 0.2) is 0 Å². The van der Waals surface area contributed by atoms with Crippen molar-refractivity contribution in [1.29, 1.82) is 0 Å². The molecule has 0 bridgehead atoms. The van der Waals surface area contributed by atoms with Gasteiger partial charge in [0.1, 0.15) is 23.9 Å². The number of carbonyl (C=O) groups excluding carboxylic acids is 1. The van der Waals surface area contributed by atoms with E-state index >= 15 is 0 Å². The molecule has 3 rings (SSSR count). The molecule has 1 aliphatic carbocycles. The van der Waals surface area contributed by atoms with Crippen LogP contribution in [0.15, 0.2) is 39.6 Å². The number of aliphatic hydroxyl groups excluding tert-OH is 1. The summed E-state index contributed by atoms with van der Waals surface area (Å²) >= 11 is 0. The van der Waals surface area contributed by atoms with E-state index in [0.717, 1.165) is 43.4 Å². The molecule has 5 heteroatoms. The number of hydrogen-bond acceptors (Lipinski definition) is 5. The standard InChI is InChI=1S/C21H28O5/c1-2-3-4-7-18(22)16-11-20(26-13-16)21-15(8-9-19(21)23)12-24-14-17-6-5-10-25-17/h5-6,10-11,13,15,18,21-22H,2-4,7-9,12,14H2,1H3. The van der Waals surface area contributed by atoms with Crippen LogP contribution in [0.1, 0.15) is 74.6 Å². The van der Waals surface area contributed by atoms with Crippen molar-refractivity contribution in [3.05, 3.63) is 47.8 Å². The molecule has 2 heterocycles. The average molecular weight is 360 g/mol. The van der Waals surface area contributed by atoms with E-state index in [4.69, 9.17) is 13.6 Å². The number of carbonyl (C=O) groups is 1. The maximum absolute atomic E-state index is 12.4. The first kappa shape index (κ1) is 18.9. The Morgan fingerprint density at radius 3 is 3.00 bits per heavy atom. The van der Waals surface area contributed by atoms with Gasteiger partial charge in [-0.1, -0.05) is 26.2 Å². The van der Waals surface area contributed by atoms with E-state index in [1.807, 2.05) is 18.2 Å². The summed E-state index contributed by atoms with van der Waals surface area (Å²) in [5.41, 5.74) is 0.769. The Kier molecular flexibility index (Phi) is 6.69.